The maximum Gasteiger partial charge on any atom is 0.472 e. The summed E-state index contributed by atoms with van der Waals surface area (Å²) in [5.74, 6) is -2.38. The molecule has 0 amide bonds. The first-order valence-electron chi connectivity index (χ1n) is 40.7. The Labute approximate surface area is 642 Å². The molecule has 0 rings (SSSR count). The van der Waals surface area contributed by atoms with Crippen molar-refractivity contribution < 1.29 is 80.2 Å². The number of carbonyl (C=O) groups is 4. The van der Waals surface area contributed by atoms with Gasteiger partial charge in [-0.2, -0.15) is 0 Å². The fraction of sp³-hybridized carbons (Fsp3) is 0.655. The molecule has 3 N–H and O–H groups in total. The summed E-state index contributed by atoms with van der Waals surface area (Å²) >= 11 is 0. The van der Waals surface area contributed by atoms with Gasteiger partial charge in [-0.1, -0.05) is 314 Å². The molecule has 0 heterocycles. The van der Waals surface area contributed by atoms with E-state index < -0.39 is 97.5 Å². The molecule has 5 unspecified atom stereocenters. The molecule has 17 nitrogen and oxygen atoms in total. The molecule has 0 fully saturated rings. The molecule has 19 heteroatoms. The Morgan fingerprint density at radius 1 is 0.274 bits per heavy atom. The van der Waals surface area contributed by atoms with Crippen molar-refractivity contribution in [2.45, 2.75) is 329 Å². The molecular weight excluding hydrogens is 1380 g/mol. The van der Waals surface area contributed by atoms with Gasteiger partial charge >= 0.3 is 39.5 Å². The lowest BCUT2D eigenvalue weighted by molar-refractivity contribution is -0.161. The largest absolute Gasteiger partial charge is 0.472 e. The minimum Gasteiger partial charge on any atom is -0.462 e. The molecule has 604 valence electrons. The molecule has 0 aliphatic carbocycles. The number of rotatable bonds is 75. The van der Waals surface area contributed by atoms with E-state index in [0.717, 1.165) is 128 Å². The molecule has 0 aliphatic heterocycles. The third-order valence-electron chi connectivity index (χ3n) is 16.5. The minimum absolute atomic E-state index is 0.0150. The Hall–Kier alpha value is -5.32. The highest BCUT2D eigenvalue weighted by Crippen LogP contribution is 2.45. The Bertz CT molecular complexity index is 2630. The number of unbranched alkanes of at least 4 members (excludes halogenated alkanes) is 23. The van der Waals surface area contributed by atoms with Gasteiger partial charge in [0.1, 0.15) is 19.3 Å². The molecule has 0 aromatic rings. The van der Waals surface area contributed by atoms with E-state index in [0.29, 0.717) is 38.5 Å². The third-order valence-corrected chi connectivity index (χ3v) is 18.4. The summed E-state index contributed by atoms with van der Waals surface area (Å²) in [5, 5.41) is 10.6. The normalized spacial score (nSPS) is 14.7. The Balaban J connectivity index is 5.51. The first kappa shape index (κ1) is 101. The van der Waals surface area contributed by atoms with E-state index in [4.69, 9.17) is 37.0 Å². The van der Waals surface area contributed by atoms with E-state index >= 15 is 0 Å². The van der Waals surface area contributed by atoms with Crippen molar-refractivity contribution in [1.29, 1.82) is 0 Å². The highest BCUT2D eigenvalue weighted by atomic mass is 31.2. The second-order valence-corrected chi connectivity index (χ2v) is 29.5. The van der Waals surface area contributed by atoms with E-state index in [1.165, 1.54) is 89.9 Å². The average Bonchev–Trinajstić information content (AvgIpc) is 0.903. The van der Waals surface area contributed by atoms with Gasteiger partial charge in [0.2, 0.25) is 0 Å². The van der Waals surface area contributed by atoms with Gasteiger partial charge in [-0.25, -0.2) is 9.13 Å². The zero-order valence-corrected chi connectivity index (χ0v) is 67.8. The average molecular weight is 1520 g/mol. The van der Waals surface area contributed by atoms with Crippen LogP contribution in [0.5, 0.6) is 0 Å². The molecule has 0 aliphatic rings. The van der Waals surface area contributed by atoms with Gasteiger partial charge in [-0.3, -0.25) is 37.3 Å². The van der Waals surface area contributed by atoms with E-state index in [2.05, 4.69) is 149 Å². The number of ether oxygens (including phenoxy) is 4. The predicted molar refractivity (Wildman–Crippen MR) is 436 cm³/mol. The van der Waals surface area contributed by atoms with Crippen LogP contribution >= 0.6 is 15.6 Å². The van der Waals surface area contributed by atoms with Gasteiger partial charge in [-0.05, 0) is 128 Å². The van der Waals surface area contributed by atoms with Crippen molar-refractivity contribution in [2.75, 3.05) is 39.6 Å². The fourth-order valence-corrected chi connectivity index (χ4v) is 12.0. The molecule has 0 aromatic carbocycles. The summed E-state index contributed by atoms with van der Waals surface area (Å²) in [6.45, 7) is 4.47. The molecule has 106 heavy (non-hydrogen) atoms. The first-order valence-corrected chi connectivity index (χ1v) is 43.7. The molecule has 5 atom stereocenters. The first-order chi connectivity index (χ1) is 51.7. The number of hydrogen-bond acceptors (Lipinski definition) is 15. The fourth-order valence-electron chi connectivity index (χ4n) is 10.4. The van der Waals surface area contributed by atoms with Crippen molar-refractivity contribution in [2.24, 2.45) is 0 Å². The highest BCUT2D eigenvalue weighted by molar-refractivity contribution is 7.47. The summed E-state index contributed by atoms with van der Waals surface area (Å²) in [5.41, 5.74) is 0. The Morgan fingerprint density at radius 2 is 0.509 bits per heavy atom. The van der Waals surface area contributed by atoms with Crippen LogP contribution in [0.1, 0.15) is 310 Å². The van der Waals surface area contributed by atoms with Gasteiger partial charge in [0.15, 0.2) is 12.2 Å². The number of phosphoric acid groups is 2. The maximum absolute atomic E-state index is 13.1. The summed E-state index contributed by atoms with van der Waals surface area (Å²) in [6.07, 6.45) is 91.1. The second-order valence-electron chi connectivity index (χ2n) is 26.6. The smallest absolute Gasteiger partial charge is 0.462 e. The van der Waals surface area contributed by atoms with Crippen molar-refractivity contribution in [1.82, 2.24) is 0 Å². The van der Waals surface area contributed by atoms with Crippen molar-refractivity contribution in [3.8, 4) is 0 Å². The lowest BCUT2D eigenvalue weighted by Gasteiger charge is -2.21. The van der Waals surface area contributed by atoms with Crippen LogP contribution in [0, 0.1) is 0 Å². The van der Waals surface area contributed by atoms with E-state index in [1.54, 1.807) is 0 Å². The van der Waals surface area contributed by atoms with Gasteiger partial charge < -0.3 is 33.8 Å². The Morgan fingerprint density at radius 3 is 0.830 bits per heavy atom. The van der Waals surface area contributed by atoms with E-state index in [9.17, 15) is 43.2 Å². The zero-order valence-electron chi connectivity index (χ0n) is 66.1. The lowest BCUT2D eigenvalue weighted by atomic mass is 10.0. The van der Waals surface area contributed by atoms with Crippen LogP contribution in [-0.4, -0.2) is 96.7 Å². The van der Waals surface area contributed by atoms with Crippen molar-refractivity contribution in [3.05, 3.63) is 158 Å². The van der Waals surface area contributed by atoms with Crippen LogP contribution in [-0.2, 0) is 65.4 Å². The topological polar surface area (TPSA) is 237 Å². The highest BCUT2D eigenvalue weighted by Gasteiger charge is 2.30. The number of aliphatic hydroxyl groups is 1. The SMILES string of the molecule is CC/C=C\C/C=C\C/C=C\C/C=C\C/C=C\C/C=C\CCC(=O)OCC(COP(=O)(O)OCC(O)COP(=O)(O)OCC(COC(=O)CCCCCCC/C=C\CCCCCCCC)OC(=O)CCCCCCCCCCCCCCC)OC(=O)CC/C=C\C/C=C\C/C=C\C/C=C\C/C=C\C/C=C\CC. The minimum atomic E-state index is -5.02. The van der Waals surface area contributed by atoms with Gasteiger partial charge in [0.25, 0.3) is 0 Å². The standard InChI is InChI=1S/C87H144O17P2/c1-5-9-13-17-21-25-29-33-36-38-40-42-45-49-52-56-60-64-68-72-85(90)98-78-83(104-87(92)74-70-66-62-58-54-50-46-43-41-39-37-34-30-26-22-18-14-10-6-2)80-102-106(95,96)100-76-81(88)75-99-105(93,94)101-79-82(103-86(91)73-69-65-61-57-53-47-32-28-24-20-16-12-8-4)77-97-84(89)71-67-63-59-55-51-48-44-35-31-27-23-19-15-11-7-3/h9-10,13-14,21-22,25-26,33-37,40-44,49-50,52,54,60,62,64,66,81-83,88H,5-8,11-12,15-20,23-24,27-32,38-39,45-48,51,53,55-59,61,63,65,67-80H2,1-4H3,(H,93,94)(H,95,96)/b13-9-,14-10-,25-21-,26-22-,36-33-,37-34-,42-40-,43-41-,44-35-,52-49-,54-50-,64-60-,66-62-. The molecule has 0 radical (unpaired) electrons. The summed E-state index contributed by atoms with van der Waals surface area (Å²) in [6, 6.07) is 0. The van der Waals surface area contributed by atoms with Crippen molar-refractivity contribution >= 4 is 39.5 Å². The van der Waals surface area contributed by atoms with E-state index in [1.807, 2.05) is 36.5 Å². The number of aliphatic hydroxyl groups excluding tert-OH is 1. The van der Waals surface area contributed by atoms with Crippen LogP contribution in [0.2, 0.25) is 0 Å². The molecule has 0 bridgehead atoms. The summed E-state index contributed by atoms with van der Waals surface area (Å²) in [7, 11) is -10.0. The zero-order chi connectivity index (χ0) is 77.4. The number of allylic oxidation sites excluding steroid dienone is 26. The van der Waals surface area contributed by atoms with Crippen LogP contribution < -0.4 is 0 Å². The summed E-state index contributed by atoms with van der Waals surface area (Å²) < 4.78 is 68.5. The van der Waals surface area contributed by atoms with Crippen molar-refractivity contribution in [3.63, 3.8) is 0 Å². The monoisotopic (exact) mass is 1520 g/mol. The van der Waals surface area contributed by atoms with E-state index in [-0.39, 0.29) is 25.7 Å². The molecule has 0 spiro atoms. The summed E-state index contributed by atoms with van der Waals surface area (Å²) in [4.78, 5) is 73.0. The Kier molecular flexibility index (Phi) is 73.9. The molecular formula is C87H144O17P2. The quantitative estimate of drug-likeness (QED) is 0.0169. The van der Waals surface area contributed by atoms with Crippen LogP contribution in [0.4, 0.5) is 0 Å². The van der Waals surface area contributed by atoms with Gasteiger partial charge in [0, 0.05) is 25.7 Å². The number of phosphoric ester groups is 2. The van der Waals surface area contributed by atoms with Crippen LogP contribution in [0.3, 0.4) is 0 Å². The predicted octanol–water partition coefficient (Wildman–Crippen LogP) is 24.0. The molecule has 0 saturated carbocycles. The molecule has 0 saturated heterocycles. The lowest BCUT2D eigenvalue weighted by Crippen LogP contribution is -2.30. The van der Waals surface area contributed by atoms with Crippen LogP contribution in [0.15, 0.2) is 158 Å². The molecule has 0 aromatic heterocycles. The number of esters is 4. The van der Waals surface area contributed by atoms with Crippen LogP contribution in [0.25, 0.3) is 0 Å². The number of hydrogen-bond donors (Lipinski definition) is 3. The number of carbonyl (C=O) groups excluding carboxylic acids is 4. The maximum atomic E-state index is 13.1. The van der Waals surface area contributed by atoms with Gasteiger partial charge in [0.05, 0.1) is 26.4 Å². The second kappa shape index (κ2) is 77.8. The third kappa shape index (κ3) is 76.9. The van der Waals surface area contributed by atoms with Gasteiger partial charge in [-0.15, -0.1) is 0 Å².